The first-order valence-corrected chi connectivity index (χ1v) is 3.70. The van der Waals surface area contributed by atoms with E-state index in [1.807, 2.05) is 0 Å². The Morgan fingerprint density at radius 3 is 2.92 bits per heavy atom. The summed E-state index contributed by atoms with van der Waals surface area (Å²) in [6, 6.07) is 1.06. The topological polar surface area (TPSA) is 43.1 Å². The van der Waals surface area contributed by atoms with E-state index in [0.717, 1.165) is 6.07 Å². The molecule has 2 aromatic heterocycles. The molecule has 0 saturated heterocycles. The van der Waals surface area contributed by atoms with Crippen LogP contribution in [0.15, 0.2) is 12.4 Å². The van der Waals surface area contributed by atoms with Crippen molar-refractivity contribution in [2.24, 2.45) is 0 Å². The number of halogens is 3. The van der Waals surface area contributed by atoms with Gasteiger partial charge in [-0.1, -0.05) is 11.6 Å². The molecule has 0 spiro atoms. The van der Waals surface area contributed by atoms with E-state index in [9.17, 15) is 8.78 Å². The van der Waals surface area contributed by atoms with Crippen molar-refractivity contribution in [3.63, 3.8) is 0 Å². The fraction of sp³-hybridized carbons (Fsp3) is 0.167. The van der Waals surface area contributed by atoms with Gasteiger partial charge in [-0.15, -0.1) is 0 Å². The summed E-state index contributed by atoms with van der Waals surface area (Å²) in [7, 11) is 0. The Kier molecular flexibility index (Phi) is 1.84. The third kappa shape index (κ3) is 1.33. The molecule has 68 valence electrons. The summed E-state index contributed by atoms with van der Waals surface area (Å²) in [5.74, 6) is 0.0720. The van der Waals surface area contributed by atoms with E-state index in [1.165, 1.54) is 10.8 Å². The zero-order valence-electron chi connectivity index (χ0n) is 6.15. The number of hydrogen-bond donors (Lipinski definition) is 0. The van der Waals surface area contributed by atoms with Gasteiger partial charge in [0.25, 0.3) is 12.2 Å². The van der Waals surface area contributed by atoms with Gasteiger partial charge in [0.05, 0.1) is 0 Å². The van der Waals surface area contributed by atoms with Crippen LogP contribution in [-0.4, -0.2) is 19.6 Å². The molecule has 0 saturated carbocycles. The summed E-state index contributed by atoms with van der Waals surface area (Å²) >= 11 is 5.63. The van der Waals surface area contributed by atoms with Crippen molar-refractivity contribution in [2.45, 2.75) is 6.43 Å². The summed E-state index contributed by atoms with van der Waals surface area (Å²) in [4.78, 5) is 7.20. The van der Waals surface area contributed by atoms with Gasteiger partial charge in [0, 0.05) is 6.07 Å². The largest absolute Gasteiger partial charge is 0.280 e. The Labute approximate surface area is 76.2 Å². The van der Waals surface area contributed by atoms with Gasteiger partial charge in [-0.25, -0.2) is 13.8 Å². The highest BCUT2D eigenvalue weighted by Crippen LogP contribution is 2.20. The molecule has 0 unspecified atom stereocenters. The minimum Gasteiger partial charge on any atom is -0.210 e. The molecule has 0 aliphatic heterocycles. The molecule has 2 heterocycles. The Hall–Kier alpha value is -1.30. The number of hydrogen-bond acceptors (Lipinski definition) is 3. The van der Waals surface area contributed by atoms with Crippen molar-refractivity contribution in [3.05, 3.63) is 23.2 Å². The maximum absolute atomic E-state index is 12.2. The first-order valence-electron chi connectivity index (χ1n) is 3.33. The van der Waals surface area contributed by atoms with Gasteiger partial charge in [-0.3, -0.25) is 0 Å². The zero-order chi connectivity index (χ0) is 9.42. The van der Waals surface area contributed by atoms with Crippen molar-refractivity contribution in [2.75, 3.05) is 0 Å². The van der Waals surface area contributed by atoms with E-state index in [0.29, 0.717) is 0 Å². The third-order valence-electron chi connectivity index (χ3n) is 1.45. The van der Waals surface area contributed by atoms with Crippen LogP contribution in [0.1, 0.15) is 12.1 Å². The summed E-state index contributed by atoms with van der Waals surface area (Å²) in [6.07, 6.45) is -1.46. The average Bonchev–Trinajstić information content (AvgIpc) is 2.51. The lowest BCUT2D eigenvalue weighted by Crippen LogP contribution is -1.98. The van der Waals surface area contributed by atoms with Gasteiger partial charge >= 0.3 is 0 Å². The van der Waals surface area contributed by atoms with E-state index in [1.54, 1.807) is 0 Å². The van der Waals surface area contributed by atoms with Crippen LogP contribution in [0.25, 0.3) is 5.78 Å². The monoisotopic (exact) mass is 204 g/mol. The molecule has 2 rings (SSSR count). The molecule has 4 nitrogen and oxygen atoms in total. The van der Waals surface area contributed by atoms with E-state index in [2.05, 4.69) is 15.1 Å². The van der Waals surface area contributed by atoms with Gasteiger partial charge in [-0.2, -0.15) is 14.6 Å². The van der Waals surface area contributed by atoms with Crippen molar-refractivity contribution < 1.29 is 8.78 Å². The highest BCUT2D eigenvalue weighted by atomic mass is 35.5. The van der Waals surface area contributed by atoms with Gasteiger partial charge in [0.15, 0.2) is 0 Å². The van der Waals surface area contributed by atoms with Crippen LogP contribution in [0.5, 0.6) is 0 Å². The predicted octanol–water partition coefficient (Wildman–Crippen LogP) is 1.72. The second kappa shape index (κ2) is 2.88. The molecule has 0 N–H and O–H groups in total. The maximum Gasteiger partial charge on any atom is 0.280 e. The lowest BCUT2D eigenvalue weighted by Gasteiger charge is -1.99. The van der Waals surface area contributed by atoms with Crippen LogP contribution < -0.4 is 0 Å². The first-order chi connectivity index (χ1) is 6.18. The van der Waals surface area contributed by atoms with Gasteiger partial charge in [0.1, 0.15) is 17.2 Å². The van der Waals surface area contributed by atoms with E-state index in [-0.39, 0.29) is 10.9 Å². The fourth-order valence-electron chi connectivity index (χ4n) is 0.905. The lowest BCUT2D eigenvalue weighted by atomic mass is 10.4. The maximum atomic E-state index is 12.2. The minimum absolute atomic E-state index is 0.0674. The van der Waals surface area contributed by atoms with Crippen LogP contribution in [0.2, 0.25) is 5.15 Å². The molecule has 0 atom stereocenters. The number of aromatic nitrogens is 4. The second-order valence-electron chi connectivity index (χ2n) is 2.28. The lowest BCUT2D eigenvalue weighted by molar-refractivity contribution is 0.146. The predicted molar refractivity (Wildman–Crippen MR) is 40.7 cm³/mol. The summed E-state index contributed by atoms with van der Waals surface area (Å²) < 4.78 is 25.6. The normalized spacial score (nSPS) is 11.4. The fourth-order valence-corrected chi connectivity index (χ4v) is 1.14. The van der Waals surface area contributed by atoms with Crippen LogP contribution in [0.3, 0.4) is 0 Å². The summed E-state index contributed by atoms with van der Waals surface area (Å²) in [6.45, 7) is 0. The van der Waals surface area contributed by atoms with E-state index >= 15 is 0 Å². The molecular formula is C6H3ClF2N4. The molecule has 0 aromatic carbocycles. The van der Waals surface area contributed by atoms with Crippen LogP contribution in [-0.2, 0) is 0 Å². The van der Waals surface area contributed by atoms with Gasteiger partial charge < -0.3 is 0 Å². The Bertz CT molecular complexity index is 441. The Morgan fingerprint density at radius 2 is 2.23 bits per heavy atom. The smallest absolute Gasteiger partial charge is 0.210 e. The number of fused-ring (bicyclic) bond motifs is 1. The molecule has 0 radical (unpaired) electrons. The van der Waals surface area contributed by atoms with Crippen LogP contribution >= 0.6 is 11.6 Å². The molecule has 7 heteroatoms. The minimum atomic E-state index is -2.65. The summed E-state index contributed by atoms with van der Waals surface area (Å²) in [5.41, 5.74) is -0.398. The second-order valence-corrected chi connectivity index (χ2v) is 2.66. The number of rotatable bonds is 1. The molecule has 0 aliphatic rings. The highest BCUT2D eigenvalue weighted by Gasteiger charge is 2.12. The third-order valence-corrected chi connectivity index (χ3v) is 1.72. The molecular weight excluding hydrogens is 202 g/mol. The van der Waals surface area contributed by atoms with Gasteiger partial charge in [0.2, 0.25) is 0 Å². The molecule has 0 aliphatic carbocycles. The molecule has 0 amide bonds. The molecule has 2 aromatic rings. The highest BCUT2D eigenvalue weighted by molar-refractivity contribution is 6.29. The van der Waals surface area contributed by atoms with Crippen LogP contribution in [0.4, 0.5) is 8.78 Å². The molecule has 0 fully saturated rings. The SMILES string of the molecule is FC(F)c1cc(Cl)n2ncnc2n1. The van der Waals surface area contributed by atoms with Crippen LogP contribution in [0, 0.1) is 0 Å². The Morgan fingerprint density at radius 1 is 1.46 bits per heavy atom. The van der Waals surface area contributed by atoms with Gasteiger partial charge in [-0.05, 0) is 0 Å². The van der Waals surface area contributed by atoms with Crippen molar-refractivity contribution >= 4 is 17.4 Å². The number of alkyl halides is 2. The summed E-state index contributed by atoms with van der Waals surface area (Å²) in [5, 5.41) is 3.75. The standard InChI is InChI=1S/C6H3ClF2N4/c7-4-1-3(5(8)9)12-6-10-2-11-13(4)6/h1-2,5H. The van der Waals surface area contributed by atoms with E-state index in [4.69, 9.17) is 11.6 Å². The van der Waals surface area contributed by atoms with Crippen molar-refractivity contribution in [3.8, 4) is 0 Å². The van der Waals surface area contributed by atoms with Crippen molar-refractivity contribution in [1.82, 2.24) is 19.6 Å². The average molecular weight is 205 g/mol. The van der Waals surface area contributed by atoms with Crippen molar-refractivity contribution in [1.29, 1.82) is 0 Å². The number of nitrogens with zero attached hydrogens (tertiary/aromatic N) is 4. The first kappa shape index (κ1) is 8.31. The Balaban J connectivity index is 2.70. The molecule has 0 bridgehead atoms. The zero-order valence-corrected chi connectivity index (χ0v) is 6.91. The quantitative estimate of drug-likeness (QED) is 0.665. The molecule has 13 heavy (non-hydrogen) atoms. The van der Waals surface area contributed by atoms with E-state index < -0.39 is 12.1 Å².